The van der Waals surface area contributed by atoms with Crippen LogP contribution < -0.4 is 5.73 Å². The van der Waals surface area contributed by atoms with Crippen molar-refractivity contribution in [2.45, 2.75) is 52.5 Å². The van der Waals surface area contributed by atoms with Gasteiger partial charge in [-0.2, -0.15) is 0 Å². The van der Waals surface area contributed by atoms with Gasteiger partial charge in [0.25, 0.3) is 0 Å². The summed E-state index contributed by atoms with van der Waals surface area (Å²) >= 11 is 0. The Balaban J connectivity index is 3.44. The first-order chi connectivity index (χ1) is 6.20. The summed E-state index contributed by atoms with van der Waals surface area (Å²) in [7, 11) is 0. The molecule has 2 heteroatoms. The molecule has 0 bridgehead atoms. The second-order valence-corrected chi connectivity index (χ2v) is 3.96. The smallest absolute Gasteiger partial charge is 0.00109 e. The summed E-state index contributed by atoms with van der Waals surface area (Å²) < 4.78 is 0. The predicted octanol–water partition coefficient (Wildman–Crippen LogP) is 2.24. The van der Waals surface area contributed by atoms with Gasteiger partial charge in [0.05, 0.1) is 0 Å². The lowest BCUT2D eigenvalue weighted by Gasteiger charge is -2.21. The fourth-order valence-corrected chi connectivity index (χ4v) is 1.60. The van der Waals surface area contributed by atoms with Crippen LogP contribution in [0.25, 0.3) is 0 Å². The van der Waals surface area contributed by atoms with E-state index in [1.54, 1.807) is 0 Å². The Morgan fingerprint density at radius 1 is 1.08 bits per heavy atom. The van der Waals surface area contributed by atoms with Crippen molar-refractivity contribution < 1.29 is 0 Å². The minimum absolute atomic E-state index is 0.366. The first-order valence-corrected chi connectivity index (χ1v) is 5.68. The molecule has 0 aromatic heterocycles. The van der Waals surface area contributed by atoms with Crippen molar-refractivity contribution >= 4 is 0 Å². The molecule has 0 saturated carbocycles. The average molecular weight is 186 g/mol. The molecule has 0 fully saturated rings. The van der Waals surface area contributed by atoms with Crippen LogP contribution in [0.2, 0.25) is 0 Å². The molecule has 2 nitrogen and oxygen atoms in total. The minimum atomic E-state index is 0.366. The van der Waals surface area contributed by atoms with Crippen molar-refractivity contribution in [3.05, 3.63) is 0 Å². The maximum absolute atomic E-state index is 5.71. The highest BCUT2D eigenvalue weighted by molar-refractivity contribution is 4.59. The van der Waals surface area contributed by atoms with E-state index in [2.05, 4.69) is 25.7 Å². The molecule has 1 atom stereocenters. The minimum Gasteiger partial charge on any atom is -0.328 e. The Hall–Kier alpha value is -0.0800. The maximum atomic E-state index is 5.71. The van der Waals surface area contributed by atoms with E-state index in [-0.39, 0.29) is 0 Å². The van der Waals surface area contributed by atoms with Gasteiger partial charge < -0.3 is 10.6 Å². The molecular weight excluding hydrogens is 160 g/mol. The van der Waals surface area contributed by atoms with Crippen LogP contribution in [0.15, 0.2) is 0 Å². The van der Waals surface area contributed by atoms with E-state index in [1.165, 1.54) is 38.9 Å². The highest BCUT2D eigenvalue weighted by Gasteiger charge is 2.02. The van der Waals surface area contributed by atoms with Gasteiger partial charge in [-0.15, -0.1) is 0 Å². The maximum Gasteiger partial charge on any atom is 0.00109 e. The Morgan fingerprint density at radius 2 is 1.62 bits per heavy atom. The molecule has 1 unspecified atom stereocenters. The van der Waals surface area contributed by atoms with Crippen LogP contribution in [-0.2, 0) is 0 Å². The van der Waals surface area contributed by atoms with Gasteiger partial charge in [0.1, 0.15) is 0 Å². The topological polar surface area (TPSA) is 29.3 Å². The molecule has 13 heavy (non-hydrogen) atoms. The fourth-order valence-electron chi connectivity index (χ4n) is 1.60. The van der Waals surface area contributed by atoms with E-state index in [1.807, 2.05) is 0 Å². The van der Waals surface area contributed by atoms with Gasteiger partial charge in [-0.3, -0.25) is 0 Å². The Kier molecular flexibility index (Phi) is 8.46. The van der Waals surface area contributed by atoms with Gasteiger partial charge in [-0.25, -0.2) is 0 Å². The van der Waals surface area contributed by atoms with Crippen LogP contribution in [0, 0.1) is 0 Å². The van der Waals surface area contributed by atoms with E-state index in [4.69, 9.17) is 5.73 Å². The highest BCUT2D eigenvalue weighted by Crippen LogP contribution is 2.00. The van der Waals surface area contributed by atoms with Crippen LogP contribution in [0.1, 0.15) is 46.5 Å². The molecule has 0 aromatic carbocycles. The summed E-state index contributed by atoms with van der Waals surface area (Å²) in [4.78, 5) is 2.54. The zero-order valence-electron chi connectivity index (χ0n) is 9.55. The fraction of sp³-hybridized carbons (Fsp3) is 1.00. The van der Waals surface area contributed by atoms with Gasteiger partial charge >= 0.3 is 0 Å². The van der Waals surface area contributed by atoms with Crippen LogP contribution in [0.5, 0.6) is 0 Å². The third-order valence-corrected chi connectivity index (χ3v) is 2.21. The van der Waals surface area contributed by atoms with Crippen molar-refractivity contribution in [2.75, 3.05) is 19.6 Å². The lowest BCUT2D eigenvalue weighted by Crippen LogP contribution is -2.27. The number of rotatable bonds is 8. The van der Waals surface area contributed by atoms with E-state index in [0.717, 1.165) is 6.42 Å². The van der Waals surface area contributed by atoms with Gasteiger partial charge in [0.15, 0.2) is 0 Å². The first kappa shape index (κ1) is 12.9. The van der Waals surface area contributed by atoms with Crippen molar-refractivity contribution in [1.29, 1.82) is 0 Å². The number of hydrogen-bond donors (Lipinski definition) is 1. The standard InChI is InChI=1S/C11H26N2/c1-4-8-13(9-5-2)10-6-7-11(3)12/h11H,4-10,12H2,1-3H3. The SMILES string of the molecule is CCCN(CCC)CCCC(C)N. The molecule has 0 saturated heterocycles. The molecule has 0 aromatic rings. The molecule has 2 N–H and O–H groups in total. The van der Waals surface area contributed by atoms with E-state index >= 15 is 0 Å². The lowest BCUT2D eigenvalue weighted by molar-refractivity contribution is 0.267. The largest absolute Gasteiger partial charge is 0.328 e. The number of nitrogens with zero attached hydrogens (tertiary/aromatic N) is 1. The second kappa shape index (κ2) is 8.52. The molecule has 0 amide bonds. The zero-order valence-corrected chi connectivity index (χ0v) is 9.55. The first-order valence-electron chi connectivity index (χ1n) is 5.68. The molecule has 0 radical (unpaired) electrons. The molecule has 0 spiro atoms. The lowest BCUT2D eigenvalue weighted by atomic mass is 10.2. The van der Waals surface area contributed by atoms with Gasteiger partial charge in [0.2, 0.25) is 0 Å². The summed E-state index contributed by atoms with van der Waals surface area (Å²) in [6.45, 7) is 10.3. The predicted molar refractivity (Wildman–Crippen MR) is 59.9 cm³/mol. The van der Waals surface area contributed by atoms with Gasteiger partial charge in [0, 0.05) is 6.04 Å². The van der Waals surface area contributed by atoms with Crippen LogP contribution in [0.3, 0.4) is 0 Å². The Labute approximate surface area is 83.5 Å². The third kappa shape index (κ3) is 8.26. The van der Waals surface area contributed by atoms with Crippen molar-refractivity contribution in [3.8, 4) is 0 Å². The Bertz CT molecular complexity index is 96.3. The van der Waals surface area contributed by atoms with Gasteiger partial charge in [-0.05, 0) is 52.2 Å². The molecule has 0 aliphatic carbocycles. The molecule has 0 rings (SSSR count). The molecule has 0 aliphatic heterocycles. The second-order valence-electron chi connectivity index (χ2n) is 3.96. The summed E-state index contributed by atoms with van der Waals surface area (Å²) in [6, 6.07) is 0.366. The van der Waals surface area contributed by atoms with Crippen molar-refractivity contribution in [3.63, 3.8) is 0 Å². The normalized spacial score (nSPS) is 13.6. The van der Waals surface area contributed by atoms with E-state index in [0.29, 0.717) is 6.04 Å². The molecular formula is C11H26N2. The quantitative estimate of drug-likeness (QED) is 0.630. The molecule has 80 valence electrons. The molecule has 0 heterocycles. The van der Waals surface area contributed by atoms with Gasteiger partial charge in [-0.1, -0.05) is 13.8 Å². The van der Waals surface area contributed by atoms with E-state index < -0.39 is 0 Å². The zero-order chi connectivity index (χ0) is 10.1. The highest BCUT2D eigenvalue weighted by atomic mass is 15.1. The summed E-state index contributed by atoms with van der Waals surface area (Å²) in [5.74, 6) is 0. The van der Waals surface area contributed by atoms with E-state index in [9.17, 15) is 0 Å². The average Bonchev–Trinajstić information content (AvgIpc) is 2.04. The van der Waals surface area contributed by atoms with Crippen molar-refractivity contribution in [1.82, 2.24) is 4.90 Å². The van der Waals surface area contributed by atoms with Crippen LogP contribution in [-0.4, -0.2) is 30.6 Å². The Morgan fingerprint density at radius 3 is 2.00 bits per heavy atom. The summed E-state index contributed by atoms with van der Waals surface area (Å²) in [5.41, 5.74) is 5.71. The number of hydrogen-bond acceptors (Lipinski definition) is 2. The van der Waals surface area contributed by atoms with Crippen LogP contribution in [0.4, 0.5) is 0 Å². The monoisotopic (exact) mass is 186 g/mol. The van der Waals surface area contributed by atoms with Crippen molar-refractivity contribution in [2.24, 2.45) is 5.73 Å². The molecule has 0 aliphatic rings. The number of nitrogens with two attached hydrogens (primary N) is 1. The van der Waals surface area contributed by atoms with Crippen LogP contribution >= 0.6 is 0 Å². The third-order valence-electron chi connectivity index (χ3n) is 2.21. The summed E-state index contributed by atoms with van der Waals surface area (Å²) in [5, 5.41) is 0. The summed E-state index contributed by atoms with van der Waals surface area (Å²) in [6.07, 6.45) is 4.93.